The van der Waals surface area contributed by atoms with Crippen molar-refractivity contribution in [2.24, 2.45) is 0 Å². The van der Waals surface area contributed by atoms with Gasteiger partial charge in [0.15, 0.2) is 11.5 Å². The van der Waals surface area contributed by atoms with Crippen LogP contribution in [0.1, 0.15) is 22.0 Å². The summed E-state index contributed by atoms with van der Waals surface area (Å²) >= 11 is 12.0. The van der Waals surface area contributed by atoms with Crippen molar-refractivity contribution in [2.75, 3.05) is 41.0 Å². The van der Waals surface area contributed by atoms with Gasteiger partial charge in [-0.25, -0.2) is 4.39 Å². The zero-order valence-corrected chi connectivity index (χ0v) is 17.6. The molecule has 3 rings (SSSR count). The fourth-order valence-electron chi connectivity index (χ4n) is 3.19. The molecule has 9 heteroatoms. The van der Waals surface area contributed by atoms with Crippen molar-refractivity contribution in [3.63, 3.8) is 0 Å². The van der Waals surface area contributed by atoms with Crippen LogP contribution in [0.25, 0.3) is 0 Å². The molecule has 2 aromatic carbocycles. The van der Waals surface area contributed by atoms with Crippen LogP contribution in [-0.2, 0) is 4.74 Å². The smallest absolute Gasteiger partial charge is 0.254 e. The lowest BCUT2D eigenvalue weighted by molar-refractivity contribution is -0.0229. The molecule has 1 heterocycles. The number of morpholine rings is 1. The minimum absolute atomic E-state index is 0.0695. The van der Waals surface area contributed by atoms with E-state index < -0.39 is 11.9 Å². The molecule has 6 nitrogen and oxygen atoms in total. The summed E-state index contributed by atoms with van der Waals surface area (Å²) in [4.78, 5) is 14.7. The van der Waals surface area contributed by atoms with Crippen molar-refractivity contribution < 1.29 is 28.1 Å². The van der Waals surface area contributed by atoms with Gasteiger partial charge in [0.1, 0.15) is 11.9 Å². The minimum Gasteiger partial charge on any atom is -0.493 e. The number of halogens is 3. The van der Waals surface area contributed by atoms with E-state index in [2.05, 4.69) is 0 Å². The first-order valence-electron chi connectivity index (χ1n) is 8.74. The molecule has 1 fully saturated rings. The Kier molecular flexibility index (Phi) is 6.72. The van der Waals surface area contributed by atoms with E-state index >= 15 is 0 Å². The van der Waals surface area contributed by atoms with E-state index in [1.165, 1.54) is 33.5 Å². The molecule has 0 radical (unpaired) electrons. The third-order valence-corrected chi connectivity index (χ3v) is 5.27. The number of ether oxygens (including phenoxy) is 4. The molecule has 1 unspecified atom stereocenters. The normalized spacial score (nSPS) is 16.5. The van der Waals surface area contributed by atoms with Gasteiger partial charge in [0.2, 0.25) is 5.75 Å². The van der Waals surface area contributed by atoms with Crippen molar-refractivity contribution in [1.29, 1.82) is 0 Å². The molecule has 1 aliphatic heterocycles. The molecule has 0 spiro atoms. The molecule has 0 saturated carbocycles. The zero-order valence-electron chi connectivity index (χ0n) is 16.1. The zero-order chi connectivity index (χ0) is 21.1. The maximum absolute atomic E-state index is 13.9. The topological polar surface area (TPSA) is 57.2 Å². The maximum Gasteiger partial charge on any atom is 0.254 e. The lowest BCUT2D eigenvalue weighted by atomic mass is 10.1. The number of carbonyl (C=O) groups is 1. The number of hydrogen-bond donors (Lipinski definition) is 0. The molecule has 0 aliphatic carbocycles. The number of hydrogen-bond acceptors (Lipinski definition) is 5. The van der Waals surface area contributed by atoms with Crippen LogP contribution in [0.4, 0.5) is 4.39 Å². The van der Waals surface area contributed by atoms with Crippen LogP contribution in [0, 0.1) is 5.82 Å². The second kappa shape index (κ2) is 9.07. The van der Waals surface area contributed by atoms with Crippen LogP contribution in [0.15, 0.2) is 24.3 Å². The van der Waals surface area contributed by atoms with Gasteiger partial charge in [0.05, 0.1) is 39.5 Å². The van der Waals surface area contributed by atoms with Crippen molar-refractivity contribution in [1.82, 2.24) is 4.90 Å². The van der Waals surface area contributed by atoms with Gasteiger partial charge in [-0.05, 0) is 24.3 Å². The average Bonchev–Trinajstić information content (AvgIpc) is 2.74. The molecule has 0 bridgehead atoms. The van der Waals surface area contributed by atoms with Crippen molar-refractivity contribution in [2.45, 2.75) is 6.10 Å². The Morgan fingerprint density at radius 1 is 1.07 bits per heavy atom. The molecule has 1 atom stereocenters. The van der Waals surface area contributed by atoms with E-state index in [0.29, 0.717) is 34.9 Å². The summed E-state index contributed by atoms with van der Waals surface area (Å²) in [6.07, 6.45) is -0.575. The van der Waals surface area contributed by atoms with E-state index in [9.17, 15) is 9.18 Å². The molecule has 2 aromatic rings. The SMILES string of the molecule is COc1cc(C(=O)N2CCOC(c3cc(F)c(Cl)cc3Cl)C2)cc(OC)c1OC. The van der Waals surface area contributed by atoms with Crippen LogP contribution >= 0.6 is 23.2 Å². The lowest BCUT2D eigenvalue weighted by Crippen LogP contribution is -2.42. The molecule has 0 aromatic heterocycles. The highest BCUT2D eigenvalue weighted by atomic mass is 35.5. The van der Waals surface area contributed by atoms with Crippen molar-refractivity contribution >= 4 is 29.1 Å². The molecule has 1 saturated heterocycles. The van der Waals surface area contributed by atoms with E-state index in [4.69, 9.17) is 42.1 Å². The van der Waals surface area contributed by atoms with E-state index in [1.54, 1.807) is 17.0 Å². The van der Waals surface area contributed by atoms with Gasteiger partial charge >= 0.3 is 0 Å². The summed E-state index contributed by atoms with van der Waals surface area (Å²) in [7, 11) is 4.45. The molecule has 156 valence electrons. The Morgan fingerprint density at radius 2 is 1.72 bits per heavy atom. The molecular weight excluding hydrogens is 424 g/mol. The second-order valence-electron chi connectivity index (χ2n) is 6.31. The summed E-state index contributed by atoms with van der Waals surface area (Å²) in [5, 5.41) is 0.211. The van der Waals surface area contributed by atoms with Crippen molar-refractivity contribution in [3.8, 4) is 17.2 Å². The number of benzene rings is 2. The highest BCUT2D eigenvalue weighted by molar-refractivity contribution is 6.35. The molecule has 1 aliphatic rings. The quantitative estimate of drug-likeness (QED) is 0.642. The number of nitrogens with zero attached hydrogens (tertiary/aromatic N) is 1. The summed E-state index contributed by atoms with van der Waals surface area (Å²) in [6.45, 7) is 0.859. The standard InChI is InChI=1S/C20H20Cl2FNO5/c1-26-16-6-11(7-17(27-2)19(16)28-3)20(25)24-4-5-29-18(10-24)12-8-15(23)14(22)9-13(12)21/h6-9,18H,4-5,10H2,1-3H3. The van der Waals surface area contributed by atoms with Crippen LogP contribution in [0.5, 0.6) is 17.2 Å². The fourth-order valence-corrected chi connectivity index (χ4v) is 3.70. The number of methoxy groups -OCH3 is 3. The Balaban J connectivity index is 1.88. The number of rotatable bonds is 5. The second-order valence-corrected chi connectivity index (χ2v) is 7.13. The largest absolute Gasteiger partial charge is 0.493 e. The molecular formula is C20H20Cl2FNO5. The third-order valence-electron chi connectivity index (χ3n) is 4.65. The van der Waals surface area contributed by atoms with Crippen LogP contribution in [0.2, 0.25) is 10.0 Å². The van der Waals surface area contributed by atoms with Gasteiger partial charge in [-0.15, -0.1) is 0 Å². The van der Waals surface area contributed by atoms with E-state index in [-0.39, 0.29) is 29.1 Å². The Labute approximate surface area is 178 Å². The Hall–Kier alpha value is -2.22. The Morgan fingerprint density at radius 3 is 2.31 bits per heavy atom. The summed E-state index contributed by atoms with van der Waals surface area (Å²) < 4.78 is 35.6. The van der Waals surface area contributed by atoms with Crippen LogP contribution in [0.3, 0.4) is 0 Å². The lowest BCUT2D eigenvalue weighted by Gasteiger charge is -2.33. The first-order chi connectivity index (χ1) is 13.9. The predicted molar refractivity (Wildman–Crippen MR) is 107 cm³/mol. The highest BCUT2D eigenvalue weighted by Crippen LogP contribution is 2.39. The van der Waals surface area contributed by atoms with Gasteiger partial charge < -0.3 is 23.8 Å². The van der Waals surface area contributed by atoms with Gasteiger partial charge in [0.25, 0.3) is 5.91 Å². The first-order valence-corrected chi connectivity index (χ1v) is 9.50. The minimum atomic E-state index is -0.595. The number of amides is 1. The van der Waals surface area contributed by atoms with E-state index in [0.717, 1.165) is 0 Å². The fraction of sp³-hybridized carbons (Fsp3) is 0.350. The molecule has 29 heavy (non-hydrogen) atoms. The van der Waals surface area contributed by atoms with Gasteiger partial charge in [0, 0.05) is 22.7 Å². The van der Waals surface area contributed by atoms with Crippen molar-refractivity contribution in [3.05, 3.63) is 51.3 Å². The predicted octanol–water partition coefficient (Wildman–Crippen LogP) is 4.37. The van der Waals surface area contributed by atoms with E-state index in [1.807, 2.05) is 0 Å². The summed E-state index contributed by atoms with van der Waals surface area (Å²) in [6, 6.07) is 5.74. The monoisotopic (exact) mass is 443 g/mol. The van der Waals surface area contributed by atoms with Crippen LogP contribution < -0.4 is 14.2 Å². The molecule has 0 N–H and O–H groups in total. The maximum atomic E-state index is 13.9. The van der Waals surface area contributed by atoms with Gasteiger partial charge in [-0.3, -0.25) is 4.79 Å². The van der Waals surface area contributed by atoms with Gasteiger partial charge in [-0.2, -0.15) is 0 Å². The summed E-state index contributed by atoms with van der Waals surface area (Å²) in [5.74, 6) is 0.311. The first kappa shape index (κ1) is 21.5. The van der Waals surface area contributed by atoms with Crippen LogP contribution in [-0.4, -0.2) is 51.8 Å². The highest BCUT2D eigenvalue weighted by Gasteiger charge is 2.29. The third kappa shape index (κ3) is 4.37. The Bertz CT molecular complexity index is 899. The average molecular weight is 444 g/mol. The van der Waals surface area contributed by atoms with Gasteiger partial charge in [-0.1, -0.05) is 23.2 Å². The number of carbonyl (C=O) groups excluding carboxylic acids is 1. The summed E-state index contributed by atoms with van der Waals surface area (Å²) in [5.41, 5.74) is 0.810. The molecule has 1 amide bonds.